The normalized spacial score (nSPS) is 13.5. The van der Waals surface area contributed by atoms with Gasteiger partial charge in [-0.05, 0) is 47.4 Å². The van der Waals surface area contributed by atoms with Gasteiger partial charge in [-0.2, -0.15) is 0 Å². The van der Waals surface area contributed by atoms with Gasteiger partial charge in [-0.3, -0.25) is 0 Å². The molecule has 0 spiro atoms. The molecule has 30 heavy (non-hydrogen) atoms. The van der Waals surface area contributed by atoms with Crippen LogP contribution in [0.3, 0.4) is 0 Å². The molecule has 0 fully saturated rings. The van der Waals surface area contributed by atoms with Gasteiger partial charge in [0, 0.05) is 27.8 Å². The van der Waals surface area contributed by atoms with Crippen LogP contribution in [0.2, 0.25) is 0 Å². The lowest BCUT2D eigenvalue weighted by Crippen LogP contribution is -2.56. The van der Waals surface area contributed by atoms with Crippen molar-refractivity contribution in [1.82, 2.24) is 0 Å². The van der Waals surface area contributed by atoms with Gasteiger partial charge < -0.3 is 14.0 Å². The van der Waals surface area contributed by atoms with Crippen LogP contribution < -0.4 is 20.5 Å². The Morgan fingerprint density at radius 2 is 1.53 bits per heavy atom. The number of para-hydroxylation sites is 3. The molecule has 4 heteroatoms. The fraction of sp³-hybridized carbons (Fsp3) is 0. The summed E-state index contributed by atoms with van der Waals surface area (Å²) >= 11 is 0. The molecule has 2 aliphatic heterocycles. The summed E-state index contributed by atoms with van der Waals surface area (Å²) in [5, 5.41) is 1.10. The summed E-state index contributed by atoms with van der Waals surface area (Å²) < 4.78 is 12.5. The van der Waals surface area contributed by atoms with Crippen molar-refractivity contribution in [3.05, 3.63) is 97.3 Å². The second-order valence-electron chi connectivity index (χ2n) is 7.74. The highest BCUT2D eigenvalue weighted by Crippen LogP contribution is 2.45. The molecular formula is C26H16BNO2. The molecule has 4 aromatic carbocycles. The Morgan fingerprint density at radius 3 is 2.47 bits per heavy atom. The molecule has 2 aliphatic rings. The van der Waals surface area contributed by atoms with Crippen LogP contribution in [0.4, 0.5) is 17.1 Å². The monoisotopic (exact) mass is 385 g/mol. The third-order valence-corrected chi connectivity index (χ3v) is 6.15. The van der Waals surface area contributed by atoms with Gasteiger partial charge in [0.15, 0.2) is 0 Å². The van der Waals surface area contributed by atoms with E-state index in [-0.39, 0.29) is 6.92 Å². The summed E-state index contributed by atoms with van der Waals surface area (Å²) in [6, 6.07) is 31.6. The minimum Gasteiger partial charge on any atom is -0.551 e. The lowest BCUT2D eigenvalue weighted by molar-refractivity contribution is 0.589. The van der Waals surface area contributed by atoms with Crippen LogP contribution in [0.1, 0.15) is 0 Å². The van der Waals surface area contributed by atoms with Gasteiger partial charge in [-0.1, -0.05) is 54.6 Å². The topological polar surface area (TPSA) is 25.6 Å². The predicted octanol–water partition coefficient (Wildman–Crippen LogP) is 5.38. The summed E-state index contributed by atoms with van der Waals surface area (Å²) in [4.78, 5) is 2.35. The first-order valence-corrected chi connectivity index (χ1v) is 10.1. The third-order valence-electron chi connectivity index (χ3n) is 6.15. The quantitative estimate of drug-likeness (QED) is 0.362. The van der Waals surface area contributed by atoms with Gasteiger partial charge in [-0.15, -0.1) is 0 Å². The first-order chi connectivity index (χ1) is 14.9. The van der Waals surface area contributed by atoms with Crippen LogP contribution in [-0.2, 0) is 0 Å². The number of fused-ring (bicyclic) bond motifs is 6. The minimum atomic E-state index is -0.152. The number of hydrogen-bond acceptors (Lipinski definition) is 3. The van der Waals surface area contributed by atoms with Gasteiger partial charge in [0.05, 0.1) is 12.0 Å². The van der Waals surface area contributed by atoms with Gasteiger partial charge in [0.2, 0.25) is 0 Å². The highest BCUT2D eigenvalue weighted by atomic mass is 16.4. The van der Waals surface area contributed by atoms with Crippen LogP contribution in [0.25, 0.3) is 22.1 Å². The standard InChI is InChI=1S/C26H16BNO2/c1-2-8-17(9-3-1)28-22-12-6-5-11-21(22)27-25-20(18-10-4-7-13-23(18)30-27)16-24-19(26(25)28)14-15-29-24/h1-16H. The molecule has 0 saturated heterocycles. The van der Waals surface area contributed by atoms with Crippen LogP contribution in [0.5, 0.6) is 5.75 Å². The second-order valence-corrected chi connectivity index (χ2v) is 7.74. The zero-order valence-electron chi connectivity index (χ0n) is 16.1. The average molecular weight is 385 g/mol. The number of anilines is 3. The third kappa shape index (κ3) is 2.00. The Morgan fingerprint density at radius 1 is 0.733 bits per heavy atom. The van der Waals surface area contributed by atoms with E-state index >= 15 is 0 Å². The van der Waals surface area contributed by atoms with Gasteiger partial charge in [-0.25, -0.2) is 0 Å². The Labute approximate surface area is 174 Å². The first-order valence-electron chi connectivity index (χ1n) is 10.1. The minimum absolute atomic E-state index is 0.152. The number of rotatable bonds is 1. The maximum absolute atomic E-state index is 6.62. The molecule has 5 aromatic rings. The first kappa shape index (κ1) is 15.9. The molecule has 7 rings (SSSR count). The van der Waals surface area contributed by atoms with E-state index < -0.39 is 0 Å². The lowest BCUT2D eigenvalue weighted by atomic mass is 9.49. The van der Waals surface area contributed by atoms with E-state index in [9.17, 15) is 0 Å². The van der Waals surface area contributed by atoms with Crippen LogP contribution >= 0.6 is 0 Å². The fourth-order valence-electron chi connectivity index (χ4n) is 4.91. The lowest BCUT2D eigenvalue weighted by Gasteiger charge is -2.39. The number of nitrogens with zero attached hydrogens (tertiary/aromatic N) is 1. The van der Waals surface area contributed by atoms with E-state index in [0.717, 1.165) is 39.3 Å². The van der Waals surface area contributed by atoms with Gasteiger partial charge in [0.25, 0.3) is 0 Å². The van der Waals surface area contributed by atoms with E-state index in [1.54, 1.807) is 6.26 Å². The molecule has 0 bridgehead atoms. The fourth-order valence-corrected chi connectivity index (χ4v) is 4.91. The summed E-state index contributed by atoms with van der Waals surface area (Å²) in [6.45, 7) is -0.152. The molecule has 0 amide bonds. The van der Waals surface area contributed by atoms with Crippen LogP contribution in [0, 0.1) is 0 Å². The van der Waals surface area contributed by atoms with Crippen molar-refractivity contribution in [2.75, 3.05) is 4.90 Å². The molecule has 1 aromatic heterocycles. The van der Waals surface area contributed by atoms with E-state index in [4.69, 9.17) is 9.07 Å². The maximum Gasteiger partial charge on any atom is 0.431 e. The summed E-state index contributed by atoms with van der Waals surface area (Å²) in [7, 11) is 0. The Balaban J connectivity index is 1.66. The molecule has 140 valence electrons. The summed E-state index contributed by atoms with van der Waals surface area (Å²) in [5.74, 6) is 0.912. The van der Waals surface area contributed by atoms with Crippen molar-refractivity contribution in [3.8, 4) is 16.9 Å². The van der Waals surface area contributed by atoms with E-state index in [0.29, 0.717) is 0 Å². The SMILES string of the molecule is c1ccc(N2c3ccccc3B3Oc4ccccc4-c4cc5occc5c2c43)cc1. The predicted molar refractivity (Wildman–Crippen MR) is 122 cm³/mol. The second kappa shape index (κ2) is 5.80. The zero-order chi connectivity index (χ0) is 19.7. The molecule has 0 radical (unpaired) electrons. The summed E-state index contributed by atoms with van der Waals surface area (Å²) in [6.07, 6.45) is 1.78. The van der Waals surface area contributed by atoms with Crippen molar-refractivity contribution < 1.29 is 9.07 Å². The summed E-state index contributed by atoms with van der Waals surface area (Å²) in [5.41, 5.74) is 8.95. The van der Waals surface area contributed by atoms with Gasteiger partial charge in [0.1, 0.15) is 11.3 Å². The molecule has 3 heterocycles. The highest BCUT2D eigenvalue weighted by Gasteiger charge is 2.43. The molecule has 3 nitrogen and oxygen atoms in total. The van der Waals surface area contributed by atoms with E-state index in [2.05, 4.69) is 89.8 Å². The van der Waals surface area contributed by atoms with Gasteiger partial charge >= 0.3 is 6.92 Å². The van der Waals surface area contributed by atoms with Crippen molar-refractivity contribution in [2.45, 2.75) is 0 Å². The Kier molecular flexibility index (Phi) is 3.08. The molecular weight excluding hydrogens is 369 g/mol. The van der Waals surface area contributed by atoms with Crippen molar-refractivity contribution in [3.63, 3.8) is 0 Å². The average Bonchev–Trinajstić information content (AvgIpc) is 3.28. The van der Waals surface area contributed by atoms with Crippen LogP contribution in [0.15, 0.2) is 102 Å². The maximum atomic E-state index is 6.62. The number of furan rings is 1. The molecule has 0 N–H and O–H groups in total. The number of benzene rings is 4. The van der Waals surface area contributed by atoms with E-state index in [1.165, 1.54) is 16.5 Å². The molecule has 0 unspecified atom stereocenters. The van der Waals surface area contributed by atoms with E-state index in [1.807, 2.05) is 6.07 Å². The highest BCUT2D eigenvalue weighted by molar-refractivity contribution is 6.86. The number of hydrogen-bond donors (Lipinski definition) is 0. The largest absolute Gasteiger partial charge is 0.551 e. The molecule has 0 saturated carbocycles. The van der Waals surface area contributed by atoms with Crippen molar-refractivity contribution >= 4 is 45.9 Å². The molecule has 0 atom stereocenters. The van der Waals surface area contributed by atoms with Crippen molar-refractivity contribution in [2.24, 2.45) is 0 Å². The molecule has 0 aliphatic carbocycles. The Hall–Kier alpha value is -3.92. The smallest absolute Gasteiger partial charge is 0.431 e. The van der Waals surface area contributed by atoms with Crippen molar-refractivity contribution in [1.29, 1.82) is 0 Å². The van der Waals surface area contributed by atoms with Crippen LogP contribution in [-0.4, -0.2) is 6.92 Å². The zero-order valence-corrected chi connectivity index (χ0v) is 16.1. The Bertz CT molecular complexity index is 1440.